The van der Waals surface area contributed by atoms with Crippen molar-refractivity contribution < 1.29 is 14.3 Å². The van der Waals surface area contributed by atoms with E-state index in [-0.39, 0.29) is 11.8 Å². The maximum atomic E-state index is 13.2. The van der Waals surface area contributed by atoms with Crippen molar-refractivity contribution in [3.8, 4) is 5.75 Å². The molecule has 0 aromatic heterocycles. The first-order chi connectivity index (χ1) is 13.7. The Bertz CT molecular complexity index is 1020. The number of hydrogen-bond acceptors (Lipinski definition) is 4. The number of amides is 2. The van der Waals surface area contributed by atoms with E-state index in [1.807, 2.05) is 42.5 Å². The van der Waals surface area contributed by atoms with Gasteiger partial charge >= 0.3 is 0 Å². The second kappa shape index (κ2) is 7.44. The van der Waals surface area contributed by atoms with E-state index in [1.165, 1.54) is 5.01 Å². The van der Waals surface area contributed by atoms with Crippen LogP contribution < -0.4 is 15.5 Å². The normalized spacial score (nSPS) is 15.4. The number of methoxy groups -OCH3 is 1. The molecule has 1 heterocycles. The Morgan fingerprint density at radius 1 is 1.00 bits per heavy atom. The standard InChI is InChI=1S/C22H19N3O3/c1-28-17-11-7-10-16(14-17)20-23-19-13-6-5-12-18(19)22(27)25(20)24-21(26)15-8-3-2-4-9-15/h2-14,20,23H,1H3,(H,24,26). The summed E-state index contributed by atoms with van der Waals surface area (Å²) in [5, 5.41) is 4.66. The molecule has 3 aromatic rings. The van der Waals surface area contributed by atoms with Crippen LogP contribution in [-0.4, -0.2) is 23.9 Å². The van der Waals surface area contributed by atoms with Gasteiger partial charge in [0.2, 0.25) is 0 Å². The van der Waals surface area contributed by atoms with Gasteiger partial charge in [-0.25, -0.2) is 5.01 Å². The predicted octanol–water partition coefficient (Wildman–Crippen LogP) is 3.61. The fourth-order valence-corrected chi connectivity index (χ4v) is 3.18. The van der Waals surface area contributed by atoms with Gasteiger partial charge in [-0.05, 0) is 36.4 Å². The van der Waals surface area contributed by atoms with Crippen LogP contribution in [0.3, 0.4) is 0 Å². The number of nitrogens with zero attached hydrogens (tertiary/aromatic N) is 1. The number of para-hydroxylation sites is 1. The summed E-state index contributed by atoms with van der Waals surface area (Å²) in [7, 11) is 1.59. The van der Waals surface area contributed by atoms with Crippen LogP contribution in [0, 0.1) is 0 Å². The fourth-order valence-electron chi connectivity index (χ4n) is 3.18. The lowest BCUT2D eigenvalue weighted by molar-refractivity contribution is 0.0490. The number of nitrogens with one attached hydrogen (secondary N) is 2. The van der Waals surface area contributed by atoms with Crippen LogP contribution in [0.15, 0.2) is 78.9 Å². The van der Waals surface area contributed by atoms with Gasteiger partial charge in [-0.15, -0.1) is 0 Å². The molecule has 2 amide bonds. The van der Waals surface area contributed by atoms with E-state index in [9.17, 15) is 9.59 Å². The van der Waals surface area contributed by atoms with Gasteiger partial charge in [0.15, 0.2) is 0 Å². The molecule has 1 aliphatic rings. The van der Waals surface area contributed by atoms with Crippen LogP contribution in [0.1, 0.15) is 32.4 Å². The van der Waals surface area contributed by atoms with Gasteiger partial charge in [0.25, 0.3) is 11.8 Å². The van der Waals surface area contributed by atoms with Gasteiger partial charge in [0.1, 0.15) is 11.9 Å². The summed E-state index contributed by atoms with van der Waals surface area (Å²) in [6.07, 6.45) is -0.579. The molecular formula is C22H19N3O3. The molecule has 0 saturated carbocycles. The maximum absolute atomic E-state index is 13.2. The average Bonchev–Trinajstić information content (AvgIpc) is 2.76. The molecule has 0 spiro atoms. The molecule has 0 aliphatic carbocycles. The van der Waals surface area contributed by atoms with E-state index in [0.29, 0.717) is 22.6 Å². The number of rotatable bonds is 4. The number of anilines is 1. The van der Waals surface area contributed by atoms with Crippen molar-refractivity contribution >= 4 is 17.5 Å². The van der Waals surface area contributed by atoms with Crippen molar-refractivity contribution in [3.63, 3.8) is 0 Å². The smallest absolute Gasteiger partial charge is 0.276 e. The first-order valence-corrected chi connectivity index (χ1v) is 8.86. The molecule has 4 rings (SSSR count). The molecule has 0 fully saturated rings. The Balaban J connectivity index is 1.73. The monoisotopic (exact) mass is 373 g/mol. The number of benzene rings is 3. The number of ether oxygens (including phenoxy) is 1. The fraction of sp³-hybridized carbons (Fsp3) is 0.0909. The number of carbonyl (C=O) groups excluding carboxylic acids is 2. The summed E-state index contributed by atoms with van der Waals surface area (Å²) < 4.78 is 5.31. The molecule has 0 bridgehead atoms. The first kappa shape index (κ1) is 17.6. The highest BCUT2D eigenvalue weighted by Crippen LogP contribution is 2.33. The van der Waals surface area contributed by atoms with Crippen LogP contribution in [0.25, 0.3) is 0 Å². The summed E-state index contributed by atoms with van der Waals surface area (Å²) in [6, 6.07) is 23.4. The minimum atomic E-state index is -0.579. The van der Waals surface area contributed by atoms with Gasteiger partial charge in [-0.1, -0.05) is 42.5 Å². The van der Waals surface area contributed by atoms with Crippen molar-refractivity contribution in [2.75, 3.05) is 12.4 Å². The largest absolute Gasteiger partial charge is 0.497 e. The molecular weight excluding hydrogens is 354 g/mol. The zero-order valence-corrected chi connectivity index (χ0v) is 15.3. The topological polar surface area (TPSA) is 70.7 Å². The number of hydrazine groups is 1. The Kier molecular flexibility index (Phi) is 4.68. The Morgan fingerprint density at radius 2 is 1.75 bits per heavy atom. The van der Waals surface area contributed by atoms with Crippen LogP contribution in [-0.2, 0) is 0 Å². The van der Waals surface area contributed by atoms with Crippen LogP contribution in [0.2, 0.25) is 0 Å². The van der Waals surface area contributed by atoms with Gasteiger partial charge < -0.3 is 10.1 Å². The molecule has 2 N–H and O–H groups in total. The van der Waals surface area contributed by atoms with E-state index in [0.717, 1.165) is 5.56 Å². The third-order valence-corrected chi connectivity index (χ3v) is 4.59. The second-order valence-electron chi connectivity index (χ2n) is 6.35. The highest BCUT2D eigenvalue weighted by Gasteiger charge is 2.34. The molecule has 0 saturated heterocycles. The molecule has 1 unspecified atom stereocenters. The van der Waals surface area contributed by atoms with E-state index < -0.39 is 6.17 Å². The Hall–Kier alpha value is -3.80. The zero-order valence-electron chi connectivity index (χ0n) is 15.3. The molecule has 0 radical (unpaired) electrons. The van der Waals surface area contributed by atoms with E-state index in [2.05, 4.69) is 10.7 Å². The van der Waals surface area contributed by atoms with Crippen molar-refractivity contribution in [1.82, 2.24) is 10.4 Å². The Morgan fingerprint density at radius 3 is 2.54 bits per heavy atom. The van der Waals surface area contributed by atoms with Gasteiger partial charge in [-0.2, -0.15) is 0 Å². The average molecular weight is 373 g/mol. The molecule has 6 nitrogen and oxygen atoms in total. The van der Waals surface area contributed by atoms with E-state index in [4.69, 9.17) is 4.74 Å². The quantitative estimate of drug-likeness (QED) is 0.733. The third-order valence-electron chi connectivity index (χ3n) is 4.59. The van der Waals surface area contributed by atoms with Crippen molar-refractivity contribution in [2.45, 2.75) is 6.17 Å². The lowest BCUT2D eigenvalue weighted by Gasteiger charge is -2.37. The van der Waals surface area contributed by atoms with E-state index in [1.54, 1.807) is 43.5 Å². The van der Waals surface area contributed by atoms with Crippen molar-refractivity contribution in [1.29, 1.82) is 0 Å². The minimum Gasteiger partial charge on any atom is -0.497 e. The predicted molar refractivity (Wildman–Crippen MR) is 106 cm³/mol. The summed E-state index contributed by atoms with van der Waals surface area (Å²) in [5.41, 5.74) is 5.22. The molecule has 1 aliphatic heterocycles. The lowest BCUT2D eigenvalue weighted by atomic mass is 10.0. The van der Waals surface area contributed by atoms with Gasteiger partial charge in [-0.3, -0.25) is 15.0 Å². The van der Waals surface area contributed by atoms with Crippen LogP contribution >= 0.6 is 0 Å². The van der Waals surface area contributed by atoms with Crippen LogP contribution in [0.4, 0.5) is 5.69 Å². The van der Waals surface area contributed by atoms with E-state index >= 15 is 0 Å². The lowest BCUT2D eigenvalue weighted by Crippen LogP contribution is -2.52. The van der Waals surface area contributed by atoms with Crippen LogP contribution in [0.5, 0.6) is 5.75 Å². The molecule has 28 heavy (non-hydrogen) atoms. The number of carbonyl (C=O) groups is 2. The highest BCUT2D eigenvalue weighted by atomic mass is 16.5. The number of fused-ring (bicyclic) bond motifs is 1. The third kappa shape index (κ3) is 3.27. The maximum Gasteiger partial charge on any atom is 0.276 e. The highest BCUT2D eigenvalue weighted by molar-refractivity contribution is 6.03. The zero-order chi connectivity index (χ0) is 19.5. The molecule has 3 aromatic carbocycles. The van der Waals surface area contributed by atoms with Crippen molar-refractivity contribution in [2.24, 2.45) is 0 Å². The summed E-state index contributed by atoms with van der Waals surface area (Å²) >= 11 is 0. The summed E-state index contributed by atoms with van der Waals surface area (Å²) in [5.74, 6) is 0.0226. The second-order valence-corrected chi connectivity index (χ2v) is 6.35. The minimum absolute atomic E-state index is 0.286. The van der Waals surface area contributed by atoms with Gasteiger partial charge in [0.05, 0.1) is 12.7 Å². The first-order valence-electron chi connectivity index (χ1n) is 8.86. The summed E-state index contributed by atoms with van der Waals surface area (Å²) in [4.78, 5) is 25.9. The number of hydrogen-bond donors (Lipinski definition) is 2. The van der Waals surface area contributed by atoms with Gasteiger partial charge in [0, 0.05) is 16.8 Å². The SMILES string of the molecule is COc1cccc(C2Nc3ccccc3C(=O)N2NC(=O)c2ccccc2)c1. The van der Waals surface area contributed by atoms with Crippen molar-refractivity contribution in [3.05, 3.63) is 95.6 Å². The molecule has 1 atom stereocenters. The summed E-state index contributed by atoms with van der Waals surface area (Å²) in [6.45, 7) is 0. The Labute approximate surface area is 162 Å². The molecule has 140 valence electrons. The molecule has 6 heteroatoms.